The maximum absolute atomic E-state index is 12.4. The standard InChI is InChI=1S/C22H28N2O3/c1-6-24(7-2)18-10-8-17(9-11-18)23-22(25)14-16(3)20-13-12-19(26-4)15-21(20)27-5/h8-15H,6-7H2,1-5H3,(H,23,25)/b16-14+. The van der Waals surface area contributed by atoms with Crippen molar-refractivity contribution in [2.75, 3.05) is 37.5 Å². The molecule has 5 nitrogen and oxygen atoms in total. The van der Waals surface area contributed by atoms with E-state index in [4.69, 9.17) is 9.47 Å². The molecular weight excluding hydrogens is 340 g/mol. The molecule has 0 fully saturated rings. The molecule has 0 unspecified atom stereocenters. The number of hydrogen-bond donors (Lipinski definition) is 1. The average molecular weight is 368 g/mol. The molecule has 2 aromatic rings. The molecule has 0 aliphatic heterocycles. The number of nitrogens with one attached hydrogen (secondary N) is 1. The highest BCUT2D eigenvalue weighted by Crippen LogP contribution is 2.30. The van der Waals surface area contributed by atoms with Crippen LogP contribution in [0.15, 0.2) is 48.5 Å². The van der Waals surface area contributed by atoms with Crippen molar-refractivity contribution in [3.8, 4) is 11.5 Å². The van der Waals surface area contributed by atoms with E-state index in [-0.39, 0.29) is 5.91 Å². The second-order valence-corrected chi connectivity index (χ2v) is 6.10. The molecule has 0 heterocycles. The summed E-state index contributed by atoms with van der Waals surface area (Å²) < 4.78 is 10.6. The number of anilines is 2. The zero-order chi connectivity index (χ0) is 19.8. The van der Waals surface area contributed by atoms with Gasteiger partial charge >= 0.3 is 0 Å². The number of allylic oxidation sites excluding steroid dienone is 1. The number of ether oxygens (including phenoxy) is 2. The molecule has 0 saturated carbocycles. The summed E-state index contributed by atoms with van der Waals surface area (Å²) in [5, 5.41) is 2.91. The highest BCUT2D eigenvalue weighted by molar-refractivity contribution is 6.04. The Morgan fingerprint density at radius 2 is 1.70 bits per heavy atom. The first-order chi connectivity index (χ1) is 13.0. The van der Waals surface area contributed by atoms with E-state index in [9.17, 15) is 4.79 Å². The predicted molar refractivity (Wildman–Crippen MR) is 112 cm³/mol. The van der Waals surface area contributed by atoms with Crippen molar-refractivity contribution in [2.45, 2.75) is 20.8 Å². The number of carbonyl (C=O) groups is 1. The van der Waals surface area contributed by atoms with Crippen molar-refractivity contribution in [2.24, 2.45) is 0 Å². The maximum atomic E-state index is 12.4. The number of rotatable bonds is 8. The van der Waals surface area contributed by atoms with E-state index in [0.29, 0.717) is 11.5 Å². The van der Waals surface area contributed by atoms with Crippen LogP contribution in [-0.4, -0.2) is 33.2 Å². The molecule has 0 spiro atoms. The first-order valence-corrected chi connectivity index (χ1v) is 9.09. The van der Waals surface area contributed by atoms with Crippen molar-refractivity contribution in [1.29, 1.82) is 0 Å². The molecular formula is C22H28N2O3. The van der Waals surface area contributed by atoms with E-state index in [2.05, 4.69) is 24.1 Å². The first kappa shape index (κ1) is 20.4. The minimum atomic E-state index is -0.180. The first-order valence-electron chi connectivity index (χ1n) is 9.09. The zero-order valence-electron chi connectivity index (χ0n) is 16.7. The van der Waals surface area contributed by atoms with E-state index in [1.165, 1.54) is 0 Å². The van der Waals surface area contributed by atoms with Gasteiger partial charge in [0.1, 0.15) is 11.5 Å². The SMILES string of the molecule is CCN(CC)c1ccc(NC(=O)/C=C(\C)c2ccc(OC)cc2OC)cc1. The highest BCUT2D eigenvalue weighted by atomic mass is 16.5. The second-order valence-electron chi connectivity index (χ2n) is 6.10. The van der Waals surface area contributed by atoms with Gasteiger partial charge in [0.15, 0.2) is 0 Å². The normalized spacial score (nSPS) is 11.1. The Kier molecular flexibility index (Phi) is 7.29. The van der Waals surface area contributed by atoms with Gasteiger partial charge in [-0.05, 0) is 62.7 Å². The Balaban J connectivity index is 2.12. The molecule has 0 bridgehead atoms. The predicted octanol–water partition coefficient (Wildman–Crippen LogP) is 4.59. The summed E-state index contributed by atoms with van der Waals surface area (Å²) in [6, 6.07) is 13.4. The number of nitrogens with zero attached hydrogens (tertiary/aromatic N) is 1. The lowest BCUT2D eigenvalue weighted by atomic mass is 10.1. The van der Waals surface area contributed by atoms with Crippen LogP contribution in [0.3, 0.4) is 0 Å². The smallest absolute Gasteiger partial charge is 0.248 e. The summed E-state index contributed by atoms with van der Waals surface area (Å²) in [5.41, 5.74) is 3.58. The average Bonchev–Trinajstić information content (AvgIpc) is 2.69. The monoisotopic (exact) mass is 368 g/mol. The molecule has 1 N–H and O–H groups in total. The van der Waals surface area contributed by atoms with Crippen LogP contribution in [-0.2, 0) is 4.79 Å². The van der Waals surface area contributed by atoms with E-state index < -0.39 is 0 Å². The van der Waals surface area contributed by atoms with Crippen LogP contribution in [0.2, 0.25) is 0 Å². The summed E-state index contributed by atoms with van der Waals surface area (Å²) in [7, 11) is 3.21. The fourth-order valence-corrected chi connectivity index (χ4v) is 2.92. The molecule has 0 aromatic heterocycles. The number of carbonyl (C=O) groups excluding carboxylic acids is 1. The largest absolute Gasteiger partial charge is 0.497 e. The van der Waals surface area contributed by atoms with Crippen molar-refractivity contribution >= 4 is 22.9 Å². The van der Waals surface area contributed by atoms with Crippen molar-refractivity contribution in [3.05, 3.63) is 54.1 Å². The van der Waals surface area contributed by atoms with E-state index in [0.717, 1.165) is 35.6 Å². The molecule has 0 aliphatic carbocycles. The van der Waals surface area contributed by atoms with Gasteiger partial charge in [-0.2, -0.15) is 0 Å². The number of amides is 1. The number of benzene rings is 2. The van der Waals surface area contributed by atoms with Gasteiger partial charge in [-0.15, -0.1) is 0 Å². The number of methoxy groups -OCH3 is 2. The minimum Gasteiger partial charge on any atom is -0.497 e. The van der Waals surface area contributed by atoms with E-state index in [1.54, 1.807) is 26.4 Å². The van der Waals surface area contributed by atoms with E-state index in [1.807, 2.05) is 43.3 Å². The van der Waals surface area contributed by atoms with Gasteiger partial charge in [-0.25, -0.2) is 0 Å². The van der Waals surface area contributed by atoms with Gasteiger partial charge in [0.05, 0.1) is 14.2 Å². The molecule has 5 heteroatoms. The molecule has 2 rings (SSSR count). The van der Waals surface area contributed by atoms with Gasteiger partial charge in [0.2, 0.25) is 5.91 Å². The molecule has 1 amide bonds. The van der Waals surface area contributed by atoms with Crippen LogP contribution in [0.1, 0.15) is 26.3 Å². The van der Waals surface area contributed by atoms with Crippen molar-refractivity contribution < 1.29 is 14.3 Å². The molecule has 0 aliphatic rings. The lowest BCUT2D eigenvalue weighted by molar-refractivity contribution is -0.111. The van der Waals surface area contributed by atoms with Crippen LogP contribution in [0.4, 0.5) is 11.4 Å². The topological polar surface area (TPSA) is 50.8 Å². The van der Waals surface area contributed by atoms with Crippen molar-refractivity contribution in [3.63, 3.8) is 0 Å². The Labute approximate surface area is 161 Å². The quantitative estimate of drug-likeness (QED) is 0.692. The van der Waals surface area contributed by atoms with Gasteiger partial charge in [0.25, 0.3) is 0 Å². The van der Waals surface area contributed by atoms with Gasteiger partial charge in [-0.1, -0.05) is 0 Å². The fourth-order valence-electron chi connectivity index (χ4n) is 2.92. The van der Waals surface area contributed by atoms with Crippen LogP contribution < -0.4 is 19.7 Å². The zero-order valence-corrected chi connectivity index (χ0v) is 16.7. The summed E-state index contributed by atoms with van der Waals surface area (Å²) in [5.74, 6) is 1.20. The molecule has 2 aromatic carbocycles. The minimum absolute atomic E-state index is 0.180. The molecule has 144 valence electrons. The van der Waals surface area contributed by atoms with Gasteiger partial charge < -0.3 is 19.7 Å². The summed E-state index contributed by atoms with van der Waals surface area (Å²) in [6.45, 7) is 8.04. The van der Waals surface area contributed by atoms with Crippen LogP contribution in [0.25, 0.3) is 5.57 Å². The Bertz CT molecular complexity index is 794. The Morgan fingerprint density at radius 1 is 1.04 bits per heavy atom. The Morgan fingerprint density at radius 3 is 2.26 bits per heavy atom. The third kappa shape index (κ3) is 5.26. The lowest BCUT2D eigenvalue weighted by Gasteiger charge is -2.21. The third-order valence-electron chi connectivity index (χ3n) is 4.44. The van der Waals surface area contributed by atoms with Crippen LogP contribution in [0, 0.1) is 0 Å². The van der Waals surface area contributed by atoms with Gasteiger partial charge in [0, 0.05) is 42.2 Å². The summed E-state index contributed by atoms with van der Waals surface area (Å²) >= 11 is 0. The molecule has 0 radical (unpaired) electrons. The van der Waals surface area contributed by atoms with Crippen molar-refractivity contribution in [1.82, 2.24) is 0 Å². The summed E-state index contributed by atoms with van der Waals surface area (Å²) in [4.78, 5) is 14.6. The number of hydrogen-bond acceptors (Lipinski definition) is 4. The maximum Gasteiger partial charge on any atom is 0.248 e. The highest BCUT2D eigenvalue weighted by Gasteiger charge is 2.09. The Hall–Kier alpha value is -2.95. The molecule has 0 atom stereocenters. The van der Waals surface area contributed by atoms with Gasteiger partial charge in [-0.3, -0.25) is 4.79 Å². The van der Waals surface area contributed by atoms with Crippen LogP contribution in [0.5, 0.6) is 11.5 Å². The third-order valence-corrected chi connectivity index (χ3v) is 4.44. The second kappa shape index (κ2) is 9.67. The fraction of sp³-hybridized carbons (Fsp3) is 0.318. The lowest BCUT2D eigenvalue weighted by Crippen LogP contribution is -2.21. The molecule has 27 heavy (non-hydrogen) atoms. The molecule has 0 saturated heterocycles. The summed E-state index contributed by atoms with van der Waals surface area (Å²) in [6.07, 6.45) is 1.57. The van der Waals surface area contributed by atoms with E-state index >= 15 is 0 Å². The van der Waals surface area contributed by atoms with Crippen LogP contribution >= 0.6 is 0 Å².